The second-order valence-corrected chi connectivity index (χ2v) is 8.38. The lowest BCUT2D eigenvalue weighted by Crippen LogP contribution is -2.44. The van der Waals surface area contributed by atoms with E-state index in [0.717, 1.165) is 19.6 Å². The lowest BCUT2D eigenvalue weighted by Gasteiger charge is -2.36. The fraction of sp³-hybridized carbons (Fsp3) is 0.385. The van der Waals surface area contributed by atoms with Crippen LogP contribution in [-0.2, 0) is 16.1 Å². The molecule has 3 rings (SSSR count). The van der Waals surface area contributed by atoms with Gasteiger partial charge in [-0.3, -0.25) is 4.90 Å². The van der Waals surface area contributed by atoms with Gasteiger partial charge in [0.2, 0.25) is 0 Å². The maximum Gasteiger partial charge on any atom is 0.328 e. The average molecular weight is 439 g/mol. The van der Waals surface area contributed by atoms with Gasteiger partial charge in [0.25, 0.3) is 0 Å². The molecule has 0 aliphatic carbocycles. The highest BCUT2D eigenvalue weighted by atomic mass is 16.4. The summed E-state index contributed by atoms with van der Waals surface area (Å²) in [5.74, 6) is -1.81. The van der Waals surface area contributed by atoms with Crippen LogP contribution < -0.4 is 5.32 Å². The van der Waals surface area contributed by atoms with Crippen LogP contribution in [0.3, 0.4) is 0 Å². The van der Waals surface area contributed by atoms with E-state index in [1.807, 2.05) is 0 Å². The van der Waals surface area contributed by atoms with Crippen molar-refractivity contribution in [3.05, 3.63) is 72.3 Å². The highest BCUT2D eigenvalue weighted by molar-refractivity contribution is 5.89. The van der Waals surface area contributed by atoms with E-state index >= 15 is 0 Å². The minimum atomic E-state index is -1.26. The number of aliphatic carboxylic acids is 2. The Labute approximate surface area is 190 Å². The zero-order valence-electron chi connectivity index (χ0n) is 18.9. The molecule has 6 nitrogen and oxygen atoms in total. The molecule has 172 valence electrons. The van der Waals surface area contributed by atoms with Crippen LogP contribution in [-0.4, -0.2) is 52.7 Å². The Hall–Kier alpha value is -2.96. The van der Waals surface area contributed by atoms with Crippen molar-refractivity contribution in [1.29, 1.82) is 0 Å². The van der Waals surface area contributed by atoms with E-state index < -0.39 is 11.9 Å². The molecular weight excluding hydrogens is 404 g/mol. The van der Waals surface area contributed by atoms with Gasteiger partial charge in [0.1, 0.15) is 0 Å². The molecular formula is C26H34N2O4. The maximum atomic E-state index is 9.55. The lowest BCUT2D eigenvalue weighted by atomic mass is 10.00. The maximum absolute atomic E-state index is 9.55. The Balaban J connectivity index is 0.000000390. The summed E-state index contributed by atoms with van der Waals surface area (Å²) in [4.78, 5) is 21.8. The summed E-state index contributed by atoms with van der Waals surface area (Å²) in [5, 5.41) is 19.1. The average Bonchev–Trinajstić information content (AvgIpc) is 2.79. The Morgan fingerprint density at radius 1 is 0.969 bits per heavy atom. The third kappa shape index (κ3) is 9.45. The normalized spacial score (nSPS) is 14.4. The Morgan fingerprint density at radius 2 is 1.56 bits per heavy atom. The van der Waals surface area contributed by atoms with Crippen molar-refractivity contribution in [2.45, 2.75) is 39.3 Å². The summed E-state index contributed by atoms with van der Waals surface area (Å²) in [6.07, 6.45) is 3.65. The van der Waals surface area contributed by atoms with Crippen molar-refractivity contribution in [2.75, 3.05) is 19.6 Å². The van der Waals surface area contributed by atoms with Crippen molar-refractivity contribution >= 4 is 11.9 Å². The first-order valence-corrected chi connectivity index (χ1v) is 11.1. The second-order valence-electron chi connectivity index (χ2n) is 8.38. The molecule has 32 heavy (non-hydrogen) atoms. The summed E-state index contributed by atoms with van der Waals surface area (Å²) >= 11 is 0. The summed E-state index contributed by atoms with van der Waals surface area (Å²) in [5.41, 5.74) is 4.05. The van der Waals surface area contributed by atoms with Crippen molar-refractivity contribution in [2.24, 2.45) is 5.92 Å². The van der Waals surface area contributed by atoms with Crippen molar-refractivity contribution < 1.29 is 19.8 Å². The molecule has 0 aromatic heterocycles. The van der Waals surface area contributed by atoms with Crippen LogP contribution in [0, 0.1) is 5.92 Å². The van der Waals surface area contributed by atoms with Crippen LogP contribution >= 0.6 is 0 Å². The molecule has 1 aliphatic rings. The number of hydrogen-bond acceptors (Lipinski definition) is 4. The van der Waals surface area contributed by atoms with Crippen molar-refractivity contribution in [3.8, 4) is 11.1 Å². The molecule has 6 heteroatoms. The first-order chi connectivity index (χ1) is 15.3. The molecule has 0 atom stereocenters. The number of carbonyl (C=O) groups is 2. The van der Waals surface area contributed by atoms with Gasteiger partial charge in [-0.15, -0.1) is 0 Å². The number of nitrogens with one attached hydrogen (secondary N) is 1. The second kappa shape index (κ2) is 13.5. The molecule has 1 aliphatic heterocycles. The summed E-state index contributed by atoms with van der Waals surface area (Å²) < 4.78 is 0. The van der Waals surface area contributed by atoms with E-state index in [4.69, 9.17) is 10.2 Å². The third-order valence-electron chi connectivity index (χ3n) is 5.21. The zero-order chi connectivity index (χ0) is 23.3. The van der Waals surface area contributed by atoms with E-state index in [9.17, 15) is 9.59 Å². The monoisotopic (exact) mass is 438 g/mol. The Kier molecular flexibility index (Phi) is 10.6. The predicted octanol–water partition coefficient (Wildman–Crippen LogP) is 4.28. The Bertz CT molecular complexity index is 858. The van der Waals surface area contributed by atoms with Crippen LogP contribution in [0.4, 0.5) is 0 Å². The molecule has 0 radical (unpaired) electrons. The molecule has 2 aromatic rings. The first kappa shape index (κ1) is 25.3. The standard InChI is InChI=1S/C22H30N2.C4H4O4/c1-18(2)16-24(22-11-13-23-14-12-22)17-19-7-6-10-21(15-19)20-8-4-3-5-9-20;5-3(6)1-2-4(7)8/h3-10,15,18,22-23H,11-14,16-17H2,1-2H3;1-2H,(H,5,6)(H,7,8)/b;2-1+. The molecule has 0 amide bonds. The topological polar surface area (TPSA) is 89.9 Å². The molecule has 0 saturated carbocycles. The van der Waals surface area contributed by atoms with Crippen LogP contribution in [0.15, 0.2) is 66.7 Å². The highest BCUT2D eigenvalue weighted by Crippen LogP contribution is 2.23. The molecule has 0 unspecified atom stereocenters. The van der Waals surface area contributed by atoms with E-state index in [-0.39, 0.29) is 0 Å². The molecule has 1 fully saturated rings. The van der Waals surface area contributed by atoms with Crippen LogP contribution in [0.25, 0.3) is 11.1 Å². The fourth-order valence-electron chi connectivity index (χ4n) is 3.84. The summed E-state index contributed by atoms with van der Waals surface area (Å²) in [6, 6.07) is 20.5. The lowest BCUT2D eigenvalue weighted by molar-refractivity contribution is -0.134. The Morgan fingerprint density at radius 3 is 2.12 bits per heavy atom. The van der Waals surface area contributed by atoms with Gasteiger partial charge in [-0.1, -0.05) is 62.4 Å². The summed E-state index contributed by atoms with van der Waals surface area (Å²) in [6.45, 7) is 9.21. The highest BCUT2D eigenvalue weighted by Gasteiger charge is 2.21. The number of carboxylic acids is 2. The van der Waals surface area contributed by atoms with Crippen LogP contribution in [0.1, 0.15) is 32.3 Å². The number of piperidine rings is 1. The van der Waals surface area contributed by atoms with Crippen LogP contribution in [0.2, 0.25) is 0 Å². The molecule has 2 aromatic carbocycles. The van der Waals surface area contributed by atoms with Crippen LogP contribution in [0.5, 0.6) is 0 Å². The zero-order valence-corrected chi connectivity index (χ0v) is 18.9. The van der Waals surface area contributed by atoms with Crippen molar-refractivity contribution in [1.82, 2.24) is 10.2 Å². The molecule has 1 heterocycles. The smallest absolute Gasteiger partial charge is 0.328 e. The van der Waals surface area contributed by atoms with Gasteiger partial charge in [0, 0.05) is 31.3 Å². The predicted molar refractivity (Wildman–Crippen MR) is 127 cm³/mol. The molecule has 3 N–H and O–H groups in total. The third-order valence-corrected chi connectivity index (χ3v) is 5.21. The first-order valence-electron chi connectivity index (χ1n) is 11.1. The number of rotatable bonds is 8. The molecule has 1 saturated heterocycles. The number of hydrogen-bond donors (Lipinski definition) is 3. The number of carboxylic acid groups (broad SMARTS) is 2. The number of nitrogens with zero attached hydrogens (tertiary/aromatic N) is 1. The van der Waals surface area contributed by atoms with Gasteiger partial charge in [0.15, 0.2) is 0 Å². The minimum absolute atomic E-state index is 0.558. The summed E-state index contributed by atoms with van der Waals surface area (Å²) in [7, 11) is 0. The van der Waals surface area contributed by atoms with E-state index in [2.05, 4.69) is 78.7 Å². The van der Waals surface area contributed by atoms with E-state index in [0.29, 0.717) is 24.1 Å². The van der Waals surface area contributed by atoms with Gasteiger partial charge in [-0.25, -0.2) is 9.59 Å². The quantitative estimate of drug-likeness (QED) is 0.533. The molecule has 0 spiro atoms. The van der Waals surface area contributed by atoms with Gasteiger partial charge >= 0.3 is 11.9 Å². The van der Waals surface area contributed by atoms with Gasteiger partial charge < -0.3 is 15.5 Å². The van der Waals surface area contributed by atoms with Crippen molar-refractivity contribution in [3.63, 3.8) is 0 Å². The molecule has 0 bridgehead atoms. The van der Waals surface area contributed by atoms with Gasteiger partial charge in [0.05, 0.1) is 0 Å². The van der Waals surface area contributed by atoms with E-state index in [1.165, 1.54) is 36.1 Å². The fourth-order valence-corrected chi connectivity index (χ4v) is 3.84. The largest absolute Gasteiger partial charge is 0.478 e. The van der Waals surface area contributed by atoms with Gasteiger partial charge in [-0.2, -0.15) is 0 Å². The SMILES string of the molecule is CC(C)CN(Cc1cccc(-c2ccccc2)c1)C1CCNCC1.O=C(O)/C=C/C(=O)O. The minimum Gasteiger partial charge on any atom is -0.478 e. The van der Waals surface area contributed by atoms with E-state index in [1.54, 1.807) is 0 Å². The van der Waals surface area contributed by atoms with Gasteiger partial charge in [-0.05, 0) is 54.6 Å². The number of benzene rings is 2.